The summed E-state index contributed by atoms with van der Waals surface area (Å²) in [5, 5.41) is 9.32. The summed E-state index contributed by atoms with van der Waals surface area (Å²) in [5.41, 5.74) is 2.86. The van der Waals surface area contributed by atoms with E-state index in [1.54, 1.807) is 35.2 Å². The molecule has 23 heavy (non-hydrogen) atoms. The smallest absolute Gasteiger partial charge is 0.270 e. The van der Waals surface area contributed by atoms with Gasteiger partial charge in [0, 0.05) is 0 Å². The van der Waals surface area contributed by atoms with Crippen LogP contribution >= 0.6 is 24.0 Å². The summed E-state index contributed by atoms with van der Waals surface area (Å²) in [6.07, 6.45) is 2.75. The number of rotatable bonds is 3. The van der Waals surface area contributed by atoms with Crippen LogP contribution in [-0.4, -0.2) is 15.3 Å². The molecule has 1 fully saturated rings. The van der Waals surface area contributed by atoms with E-state index in [0.29, 0.717) is 9.23 Å². The number of aryl methyl sites for hydroxylation is 1. The molecule has 5 heteroatoms. The molecular weight excluding hydrogens is 326 g/mol. The zero-order valence-electron chi connectivity index (χ0n) is 12.5. The molecule has 0 unspecified atom stereocenters. The van der Waals surface area contributed by atoms with Crippen molar-refractivity contribution in [2.24, 2.45) is 0 Å². The Kier molecular flexibility index (Phi) is 4.50. The number of anilines is 1. The molecule has 1 aliphatic heterocycles. The topological polar surface area (TPSA) is 40.5 Å². The van der Waals surface area contributed by atoms with Crippen molar-refractivity contribution in [2.45, 2.75) is 13.3 Å². The van der Waals surface area contributed by atoms with Gasteiger partial charge in [-0.25, -0.2) is 0 Å². The first kappa shape index (κ1) is 15.8. The van der Waals surface area contributed by atoms with Crippen LogP contribution in [0.1, 0.15) is 18.1 Å². The fourth-order valence-corrected chi connectivity index (χ4v) is 3.59. The molecule has 1 aliphatic rings. The highest BCUT2D eigenvalue weighted by Gasteiger charge is 2.33. The van der Waals surface area contributed by atoms with Gasteiger partial charge in [-0.15, -0.1) is 0 Å². The molecule has 3 nitrogen and oxygen atoms in total. The number of hydrogen-bond acceptors (Lipinski definition) is 4. The van der Waals surface area contributed by atoms with Gasteiger partial charge >= 0.3 is 0 Å². The molecule has 0 aromatic heterocycles. The minimum Gasteiger partial charge on any atom is -0.508 e. The molecule has 0 saturated carbocycles. The molecule has 1 heterocycles. The molecule has 0 aliphatic carbocycles. The van der Waals surface area contributed by atoms with Gasteiger partial charge in [0.05, 0.1) is 10.6 Å². The van der Waals surface area contributed by atoms with E-state index < -0.39 is 0 Å². The van der Waals surface area contributed by atoms with Gasteiger partial charge in [-0.05, 0) is 47.9 Å². The highest BCUT2D eigenvalue weighted by Crippen LogP contribution is 2.36. The van der Waals surface area contributed by atoms with Crippen LogP contribution in [-0.2, 0) is 11.2 Å². The quantitative estimate of drug-likeness (QED) is 0.665. The molecule has 3 rings (SSSR count). The second-order valence-corrected chi connectivity index (χ2v) is 6.80. The lowest BCUT2D eigenvalue weighted by atomic mass is 10.1. The van der Waals surface area contributed by atoms with E-state index in [1.165, 1.54) is 17.3 Å². The number of thioether (sulfide) groups is 1. The van der Waals surface area contributed by atoms with E-state index >= 15 is 0 Å². The van der Waals surface area contributed by atoms with Crippen molar-refractivity contribution in [1.82, 2.24) is 0 Å². The Hall–Kier alpha value is -2.11. The Morgan fingerprint density at radius 1 is 1.13 bits per heavy atom. The molecule has 2 aromatic rings. The lowest BCUT2D eigenvalue weighted by Gasteiger charge is -2.14. The average molecular weight is 341 g/mol. The monoisotopic (exact) mass is 341 g/mol. The second-order valence-electron chi connectivity index (χ2n) is 5.13. The summed E-state index contributed by atoms with van der Waals surface area (Å²) in [7, 11) is 0. The molecule has 1 saturated heterocycles. The summed E-state index contributed by atoms with van der Waals surface area (Å²) < 4.78 is 0.532. The zero-order valence-corrected chi connectivity index (χ0v) is 14.2. The van der Waals surface area contributed by atoms with Crippen LogP contribution in [0.5, 0.6) is 5.75 Å². The molecule has 0 radical (unpaired) electrons. The fraction of sp³-hybridized carbons (Fsp3) is 0.111. The molecule has 0 bridgehead atoms. The first-order valence-corrected chi connectivity index (χ1v) is 8.47. The minimum atomic E-state index is -0.114. The molecule has 1 amide bonds. The number of hydrogen-bond donors (Lipinski definition) is 1. The largest absolute Gasteiger partial charge is 0.508 e. The highest BCUT2D eigenvalue weighted by atomic mass is 32.2. The van der Waals surface area contributed by atoms with Crippen LogP contribution < -0.4 is 4.90 Å². The van der Waals surface area contributed by atoms with Gasteiger partial charge in [0.1, 0.15) is 5.75 Å². The van der Waals surface area contributed by atoms with Crippen molar-refractivity contribution in [3.05, 3.63) is 64.6 Å². The molecule has 0 spiro atoms. The predicted octanol–water partition coefficient (Wildman–Crippen LogP) is 4.36. The zero-order chi connectivity index (χ0) is 16.4. The van der Waals surface area contributed by atoms with Crippen LogP contribution in [0.15, 0.2) is 53.4 Å². The minimum absolute atomic E-state index is 0.114. The lowest BCUT2D eigenvalue weighted by Crippen LogP contribution is -2.27. The standard InChI is InChI=1S/C18H15NO2S2/c1-2-12-3-7-14(8-4-12)19-17(21)16(23-18(19)22)11-13-5-9-15(20)10-6-13/h3-11,20H,2H2,1H3/b16-11-. The van der Waals surface area contributed by atoms with Gasteiger partial charge in [-0.2, -0.15) is 0 Å². The van der Waals surface area contributed by atoms with E-state index in [-0.39, 0.29) is 11.7 Å². The van der Waals surface area contributed by atoms with Gasteiger partial charge in [-0.3, -0.25) is 9.69 Å². The Morgan fingerprint density at radius 3 is 2.39 bits per heavy atom. The number of nitrogens with zero attached hydrogens (tertiary/aromatic N) is 1. The maximum absolute atomic E-state index is 12.6. The van der Waals surface area contributed by atoms with Crippen molar-refractivity contribution in [1.29, 1.82) is 0 Å². The van der Waals surface area contributed by atoms with Crippen molar-refractivity contribution in [2.75, 3.05) is 4.90 Å². The van der Waals surface area contributed by atoms with E-state index in [0.717, 1.165) is 17.7 Å². The van der Waals surface area contributed by atoms with Gasteiger partial charge in [0.25, 0.3) is 5.91 Å². The van der Waals surface area contributed by atoms with Gasteiger partial charge in [0.15, 0.2) is 4.32 Å². The first-order chi connectivity index (χ1) is 11.1. The number of aromatic hydroxyl groups is 1. The Morgan fingerprint density at radius 2 is 1.78 bits per heavy atom. The van der Waals surface area contributed by atoms with Crippen molar-refractivity contribution in [3.8, 4) is 5.75 Å². The molecule has 1 N–H and O–H groups in total. The third kappa shape index (κ3) is 3.30. The highest BCUT2D eigenvalue weighted by molar-refractivity contribution is 8.27. The van der Waals surface area contributed by atoms with Crippen molar-refractivity contribution < 1.29 is 9.90 Å². The number of phenols is 1. The Bertz CT molecular complexity index is 780. The third-order valence-electron chi connectivity index (χ3n) is 3.59. The number of amides is 1. The summed E-state index contributed by atoms with van der Waals surface area (Å²) in [4.78, 5) is 14.8. The van der Waals surface area contributed by atoms with E-state index in [9.17, 15) is 9.90 Å². The Labute approximate surface area is 144 Å². The van der Waals surface area contributed by atoms with Crippen LogP contribution in [0.4, 0.5) is 5.69 Å². The Balaban J connectivity index is 1.88. The van der Waals surface area contributed by atoms with Crippen molar-refractivity contribution >= 4 is 46.0 Å². The predicted molar refractivity (Wildman–Crippen MR) is 99.6 cm³/mol. The van der Waals surface area contributed by atoms with Crippen LogP contribution in [0, 0.1) is 0 Å². The molecule has 116 valence electrons. The van der Waals surface area contributed by atoms with Gasteiger partial charge < -0.3 is 5.11 Å². The van der Waals surface area contributed by atoms with Gasteiger partial charge in [-0.1, -0.05) is 55.2 Å². The number of carbonyl (C=O) groups is 1. The van der Waals surface area contributed by atoms with E-state index in [4.69, 9.17) is 12.2 Å². The van der Waals surface area contributed by atoms with Crippen LogP contribution in [0.25, 0.3) is 6.08 Å². The lowest BCUT2D eigenvalue weighted by molar-refractivity contribution is -0.113. The normalized spacial score (nSPS) is 16.4. The summed E-state index contributed by atoms with van der Waals surface area (Å²) in [6.45, 7) is 2.09. The van der Waals surface area contributed by atoms with Crippen molar-refractivity contribution in [3.63, 3.8) is 0 Å². The maximum Gasteiger partial charge on any atom is 0.270 e. The van der Waals surface area contributed by atoms with Crippen LogP contribution in [0.3, 0.4) is 0 Å². The van der Waals surface area contributed by atoms with Crippen LogP contribution in [0.2, 0.25) is 0 Å². The summed E-state index contributed by atoms with van der Waals surface area (Å²) >= 11 is 6.65. The third-order valence-corrected chi connectivity index (χ3v) is 4.89. The van der Waals surface area contributed by atoms with E-state index in [2.05, 4.69) is 6.92 Å². The van der Waals surface area contributed by atoms with Gasteiger partial charge in [0.2, 0.25) is 0 Å². The first-order valence-electron chi connectivity index (χ1n) is 7.24. The maximum atomic E-state index is 12.6. The second kappa shape index (κ2) is 6.56. The van der Waals surface area contributed by atoms with E-state index in [1.807, 2.05) is 24.3 Å². The SMILES string of the molecule is CCc1ccc(N2C(=O)/C(=C/c3ccc(O)cc3)SC2=S)cc1. The number of thiocarbonyl (C=S) groups is 1. The molecule has 2 aromatic carbocycles. The summed E-state index contributed by atoms with van der Waals surface area (Å²) in [5.74, 6) is 0.0861. The molecule has 0 atom stereocenters. The summed E-state index contributed by atoms with van der Waals surface area (Å²) in [6, 6.07) is 14.6. The average Bonchev–Trinajstić information content (AvgIpc) is 2.84. The molecular formula is C18H15NO2S2. The fourth-order valence-electron chi connectivity index (χ4n) is 2.29. The number of phenolic OH excluding ortho intramolecular Hbond substituents is 1. The number of benzene rings is 2. The number of carbonyl (C=O) groups excluding carboxylic acids is 1.